The molecule has 2 aliphatic heterocycles. The Hall–Kier alpha value is -2.87. The number of halogens is 1. The molecule has 1 atom stereocenters. The molecule has 1 saturated heterocycles. The van der Waals surface area contributed by atoms with Crippen LogP contribution in [-0.4, -0.2) is 35.0 Å². The molecule has 1 unspecified atom stereocenters. The van der Waals surface area contributed by atoms with Gasteiger partial charge < -0.3 is 10.6 Å². The number of carbonyl (C=O) groups is 3. The van der Waals surface area contributed by atoms with Gasteiger partial charge in [-0.3, -0.25) is 14.5 Å². The van der Waals surface area contributed by atoms with Gasteiger partial charge in [0.1, 0.15) is 5.82 Å². The van der Waals surface area contributed by atoms with E-state index in [1.54, 1.807) is 30.3 Å². The average molecular weight is 399 g/mol. The smallest absolute Gasteiger partial charge is 0.324 e. The van der Waals surface area contributed by atoms with Crippen molar-refractivity contribution in [3.63, 3.8) is 0 Å². The van der Waals surface area contributed by atoms with Gasteiger partial charge in [0.25, 0.3) is 5.91 Å². The lowest BCUT2D eigenvalue weighted by Crippen LogP contribution is -2.31. The third-order valence-electron chi connectivity index (χ3n) is 4.82. The summed E-state index contributed by atoms with van der Waals surface area (Å²) in [6.07, 6.45) is 0.733. The number of hydrogen-bond acceptors (Lipinski definition) is 4. The quantitative estimate of drug-likeness (QED) is 0.775. The lowest BCUT2D eigenvalue weighted by atomic mass is 10.0. The van der Waals surface area contributed by atoms with Crippen LogP contribution in [0.1, 0.15) is 33.9 Å². The van der Waals surface area contributed by atoms with Crippen molar-refractivity contribution >= 4 is 29.6 Å². The van der Waals surface area contributed by atoms with E-state index in [0.29, 0.717) is 10.5 Å². The molecular formula is C20H18FN3O3S. The molecule has 4 rings (SSSR count). The minimum Gasteiger partial charge on any atom is -0.345 e. The van der Waals surface area contributed by atoms with Gasteiger partial charge in [0.15, 0.2) is 0 Å². The molecule has 0 saturated carbocycles. The van der Waals surface area contributed by atoms with E-state index >= 15 is 0 Å². The standard InChI is InChI=1S/C20H18FN3O3S/c21-15-3-1-2-14-16(8-9-28-18(14)15)23-19(26)13-6-4-12(5-7-13)11-24-17(25)10-22-20(24)27/h1-7,16H,8-11H2,(H,22,27)(H,23,26). The minimum absolute atomic E-state index is 0.0149. The van der Waals surface area contributed by atoms with Crippen molar-refractivity contribution in [2.75, 3.05) is 12.3 Å². The number of carbonyl (C=O) groups excluding carboxylic acids is 3. The molecular weight excluding hydrogens is 381 g/mol. The van der Waals surface area contributed by atoms with Gasteiger partial charge in [-0.05, 0) is 35.7 Å². The molecule has 8 heteroatoms. The van der Waals surface area contributed by atoms with Crippen LogP contribution in [0.3, 0.4) is 0 Å². The van der Waals surface area contributed by atoms with Crippen LogP contribution >= 0.6 is 11.8 Å². The van der Waals surface area contributed by atoms with Crippen molar-refractivity contribution in [2.45, 2.75) is 23.9 Å². The number of benzene rings is 2. The second-order valence-electron chi connectivity index (χ2n) is 6.66. The van der Waals surface area contributed by atoms with Gasteiger partial charge in [0.2, 0.25) is 5.91 Å². The molecule has 2 heterocycles. The molecule has 2 aliphatic rings. The largest absolute Gasteiger partial charge is 0.345 e. The maximum Gasteiger partial charge on any atom is 0.324 e. The van der Waals surface area contributed by atoms with Crippen LogP contribution in [-0.2, 0) is 11.3 Å². The molecule has 4 amide bonds. The van der Waals surface area contributed by atoms with Gasteiger partial charge in [-0.2, -0.15) is 0 Å². The second-order valence-corrected chi connectivity index (χ2v) is 7.76. The molecule has 0 radical (unpaired) electrons. The number of urea groups is 1. The monoisotopic (exact) mass is 399 g/mol. The molecule has 2 N–H and O–H groups in total. The summed E-state index contributed by atoms with van der Waals surface area (Å²) in [4.78, 5) is 37.6. The highest BCUT2D eigenvalue weighted by Crippen LogP contribution is 2.37. The number of rotatable bonds is 4. The van der Waals surface area contributed by atoms with Gasteiger partial charge in [-0.25, -0.2) is 9.18 Å². The predicted molar refractivity (Wildman–Crippen MR) is 102 cm³/mol. The molecule has 28 heavy (non-hydrogen) atoms. The summed E-state index contributed by atoms with van der Waals surface area (Å²) in [5.41, 5.74) is 2.03. The van der Waals surface area contributed by atoms with Crippen molar-refractivity contribution in [3.05, 3.63) is 65.0 Å². The van der Waals surface area contributed by atoms with Gasteiger partial charge in [0.05, 0.1) is 19.1 Å². The Morgan fingerprint density at radius 3 is 2.71 bits per heavy atom. The van der Waals surface area contributed by atoms with Crippen molar-refractivity contribution in [2.24, 2.45) is 0 Å². The number of nitrogens with one attached hydrogen (secondary N) is 2. The Bertz CT molecular complexity index is 932. The van der Waals surface area contributed by atoms with Crippen LogP contribution in [0.25, 0.3) is 0 Å². The Labute approximate surface area is 165 Å². The summed E-state index contributed by atoms with van der Waals surface area (Å²) in [7, 11) is 0. The summed E-state index contributed by atoms with van der Waals surface area (Å²) in [5.74, 6) is -0.0307. The van der Waals surface area contributed by atoms with Crippen LogP contribution in [0.5, 0.6) is 0 Å². The molecule has 0 aromatic heterocycles. The highest BCUT2D eigenvalue weighted by atomic mass is 32.2. The van der Waals surface area contributed by atoms with E-state index < -0.39 is 6.03 Å². The third kappa shape index (κ3) is 3.60. The SMILES string of the molecule is O=C(NC1CCSc2c(F)cccc21)c1ccc(CN2C(=O)CNC2=O)cc1. The first-order valence-corrected chi connectivity index (χ1v) is 9.90. The van der Waals surface area contributed by atoms with Crippen molar-refractivity contribution in [1.29, 1.82) is 0 Å². The highest BCUT2D eigenvalue weighted by Gasteiger charge is 2.28. The van der Waals surface area contributed by atoms with Crippen molar-refractivity contribution in [3.8, 4) is 0 Å². The van der Waals surface area contributed by atoms with Crippen LogP contribution in [0.15, 0.2) is 47.4 Å². The molecule has 1 fully saturated rings. The van der Waals surface area contributed by atoms with E-state index in [-0.39, 0.29) is 36.8 Å². The molecule has 0 spiro atoms. The minimum atomic E-state index is -0.409. The van der Waals surface area contributed by atoms with E-state index in [9.17, 15) is 18.8 Å². The van der Waals surface area contributed by atoms with Gasteiger partial charge in [0, 0.05) is 16.2 Å². The maximum atomic E-state index is 14.0. The van der Waals surface area contributed by atoms with E-state index in [4.69, 9.17) is 0 Å². The summed E-state index contributed by atoms with van der Waals surface area (Å²) >= 11 is 1.47. The first-order valence-electron chi connectivity index (χ1n) is 8.92. The lowest BCUT2D eigenvalue weighted by molar-refractivity contribution is -0.125. The molecule has 0 aliphatic carbocycles. The Morgan fingerprint density at radius 1 is 1.21 bits per heavy atom. The Kier molecular flexibility index (Phi) is 5.04. The molecule has 0 bridgehead atoms. The van der Waals surface area contributed by atoms with Crippen LogP contribution in [0, 0.1) is 5.82 Å². The summed E-state index contributed by atoms with van der Waals surface area (Å²) in [6.45, 7) is 0.181. The van der Waals surface area contributed by atoms with Gasteiger partial charge in [-0.1, -0.05) is 24.3 Å². The first kappa shape index (κ1) is 18.5. The van der Waals surface area contributed by atoms with E-state index in [1.807, 2.05) is 6.07 Å². The normalized spacial score (nSPS) is 18.6. The first-order chi connectivity index (χ1) is 13.5. The average Bonchev–Trinajstić information content (AvgIpc) is 3.01. The predicted octanol–water partition coefficient (Wildman–Crippen LogP) is 2.84. The number of imide groups is 1. The number of thioether (sulfide) groups is 1. The zero-order chi connectivity index (χ0) is 19.7. The van der Waals surface area contributed by atoms with Gasteiger partial charge in [-0.15, -0.1) is 11.8 Å². The lowest BCUT2D eigenvalue weighted by Gasteiger charge is -2.26. The zero-order valence-corrected chi connectivity index (χ0v) is 15.7. The summed E-state index contributed by atoms with van der Waals surface area (Å²) in [5, 5.41) is 5.45. The van der Waals surface area contributed by atoms with Crippen molar-refractivity contribution in [1.82, 2.24) is 15.5 Å². The third-order valence-corrected chi connectivity index (χ3v) is 5.98. The molecule has 144 valence electrons. The number of hydrogen-bond donors (Lipinski definition) is 2. The second kappa shape index (κ2) is 7.63. The fraction of sp³-hybridized carbons (Fsp3) is 0.250. The zero-order valence-electron chi connectivity index (χ0n) is 14.9. The van der Waals surface area contributed by atoms with E-state index in [1.165, 1.54) is 17.8 Å². The summed E-state index contributed by atoms with van der Waals surface area (Å²) in [6, 6.07) is 11.1. The fourth-order valence-corrected chi connectivity index (χ4v) is 4.48. The van der Waals surface area contributed by atoms with E-state index in [2.05, 4.69) is 10.6 Å². The molecule has 2 aromatic carbocycles. The maximum absolute atomic E-state index is 14.0. The fourth-order valence-electron chi connectivity index (χ4n) is 3.34. The number of amides is 4. The number of fused-ring (bicyclic) bond motifs is 1. The van der Waals surface area contributed by atoms with Crippen LogP contribution in [0.2, 0.25) is 0 Å². The van der Waals surface area contributed by atoms with Gasteiger partial charge >= 0.3 is 6.03 Å². The van der Waals surface area contributed by atoms with Crippen LogP contribution < -0.4 is 10.6 Å². The molecule has 2 aromatic rings. The number of nitrogens with zero attached hydrogens (tertiary/aromatic N) is 1. The summed E-state index contributed by atoms with van der Waals surface area (Å²) < 4.78 is 14.0. The highest BCUT2D eigenvalue weighted by molar-refractivity contribution is 7.99. The Balaban J connectivity index is 1.44. The molecule has 6 nitrogen and oxygen atoms in total. The van der Waals surface area contributed by atoms with E-state index in [0.717, 1.165) is 28.2 Å². The van der Waals surface area contributed by atoms with Crippen molar-refractivity contribution < 1.29 is 18.8 Å². The topological polar surface area (TPSA) is 78.5 Å². The van der Waals surface area contributed by atoms with Crippen LogP contribution in [0.4, 0.5) is 9.18 Å². The Morgan fingerprint density at radius 2 is 2.00 bits per heavy atom.